The van der Waals surface area contributed by atoms with Crippen LogP contribution in [0.5, 0.6) is 5.75 Å². The van der Waals surface area contributed by atoms with E-state index in [2.05, 4.69) is 10.2 Å². The molecule has 1 aromatic rings. The van der Waals surface area contributed by atoms with E-state index >= 15 is 0 Å². The third kappa shape index (κ3) is 5.10. The first kappa shape index (κ1) is 17.5. The maximum atomic E-state index is 11.9. The molecule has 0 unspecified atom stereocenters. The molecule has 1 aliphatic rings. The van der Waals surface area contributed by atoms with Crippen LogP contribution >= 0.6 is 12.2 Å². The Hall–Kier alpha value is -1.82. The lowest BCUT2D eigenvalue weighted by molar-refractivity contribution is -0.149. The number of piperidine rings is 1. The molecular weight excluding hydrogens is 312 g/mol. The quantitative estimate of drug-likeness (QED) is 0.658. The van der Waals surface area contributed by atoms with Gasteiger partial charge in [-0.3, -0.25) is 4.79 Å². The third-order valence-corrected chi connectivity index (χ3v) is 4.33. The molecule has 0 radical (unpaired) electrons. The van der Waals surface area contributed by atoms with Gasteiger partial charge in [0.25, 0.3) is 0 Å². The first-order chi connectivity index (χ1) is 11.1. The predicted octanol–water partition coefficient (Wildman–Crippen LogP) is 2.34. The zero-order valence-corrected chi connectivity index (χ0v) is 14.5. The Morgan fingerprint density at radius 3 is 2.78 bits per heavy atom. The Morgan fingerprint density at radius 2 is 2.13 bits per heavy atom. The van der Waals surface area contributed by atoms with E-state index in [0.717, 1.165) is 30.7 Å². The van der Waals surface area contributed by atoms with Crippen molar-refractivity contribution in [3.05, 3.63) is 29.8 Å². The minimum atomic E-state index is -0.116. The van der Waals surface area contributed by atoms with Crippen molar-refractivity contribution >= 4 is 23.3 Å². The summed E-state index contributed by atoms with van der Waals surface area (Å²) in [5.74, 6) is 0.643. The molecule has 1 N–H and O–H groups in total. The number of benzene rings is 1. The molecule has 23 heavy (non-hydrogen) atoms. The topological polar surface area (TPSA) is 50.8 Å². The van der Waals surface area contributed by atoms with Crippen molar-refractivity contribution in [2.24, 2.45) is 5.92 Å². The zero-order chi connectivity index (χ0) is 16.7. The Bertz CT molecular complexity index is 533. The normalized spacial score (nSPS) is 17.5. The maximum absolute atomic E-state index is 11.9. The highest BCUT2D eigenvalue weighted by Gasteiger charge is 2.27. The van der Waals surface area contributed by atoms with Gasteiger partial charge in [0.05, 0.1) is 19.6 Å². The van der Waals surface area contributed by atoms with E-state index in [4.69, 9.17) is 21.7 Å². The number of rotatable bonds is 5. The van der Waals surface area contributed by atoms with Crippen molar-refractivity contribution in [1.29, 1.82) is 0 Å². The summed E-state index contributed by atoms with van der Waals surface area (Å²) in [6.07, 6.45) is 1.82. The smallest absolute Gasteiger partial charge is 0.310 e. The SMILES string of the molecule is CCOC(=O)[C@H]1CCCN(C(=S)NCc2ccc(OC)cc2)C1. The standard InChI is InChI=1S/C17H24N2O3S/c1-3-22-16(20)14-5-4-10-19(12-14)17(23)18-11-13-6-8-15(21-2)9-7-13/h6-9,14H,3-5,10-12H2,1-2H3,(H,18,23)/t14-/m0/s1. The fourth-order valence-electron chi connectivity index (χ4n) is 2.65. The Labute approximate surface area is 142 Å². The van der Waals surface area contributed by atoms with Crippen LogP contribution in [-0.2, 0) is 16.1 Å². The summed E-state index contributed by atoms with van der Waals surface area (Å²) < 4.78 is 10.3. The number of thiocarbonyl (C=S) groups is 1. The minimum Gasteiger partial charge on any atom is -0.497 e. The van der Waals surface area contributed by atoms with Gasteiger partial charge in [-0.2, -0.15) is 0 Å². The van der Waals surface area contributed by atoms with Crippen LogP contribution in [0.1, 0.15) is 25.3 Å². The lowest BCUT2D eigenvalue weighted by Crippen LogP contribution is -2.47. The molecule has 0 aliphatic carbocycles. The second-order valence-electron chi connectivity index (χ2n) is 5.54. The second kappa shape index (κ2) is 8.72. The summed E-state index contributed by atoms with van der Waals surface area (Å²) in [5.41, 5.74) is 1.13. The van der Waals surface area contributed by atoms with Crippen LogP contribution in [0.2, 0.25) is 0 Å². The van der Waals surface area contributed by atoms with Crippen molar-refractivity contribution in [2.45, 2.75) is 26.3 Å². The van der Waals surface area contributed by atoms with Crippen LogP contribution < -0.4 is 10.1 Å². The third-order valence-electron chi connectivity index (χ3n) is 3.93. The van der Waals surface area contributed by atoms with Crippen molar-refractivity contribution in [3.63, 3.8) is 0 Å². The molecule has 1 aliphatic heterocycles. The van der Waals surface area contributed by atoms with E-state index in [9.17, 15) is 4.79 Å². The first-order valence-corrected chi connectivity index (χ1v) is 8.37. The molecule has 0 amide bonds. The lowest BCUT2D eigenvalue weighted by atomic mass is 9.98. The number of carbonyl (C=O) groups is 1. The van der Waals surface area contributed by atoms with Gasteiger partial charge in [0.1, 0.15) is 5.75 Å². The monoisotopic (exact) mass is 336 g/mol. The summed E-state index contributed by atoms with van der Waals surface area (Å²) in [7, 11) is 1.65. The number of hydrogen-bond donors (Lipinski definition) is 1. The molecule has 0 aromatic heterocycles. The molecule has 5 nitrogen and oxygen atoms in total. The molecule has 0 bridgehead atoms. The Morgan fingerprint density at radius 1 is 1.39 bits per heavy atom. The van der Waals surface area contributed by atoms with E-state index in [-0.39, 0.29) is 11.9 Å². The predicted molar refractivity (Wildman–Crippen MR) is 93.4 cm³/mol. The maximum Gasteiger partial charge on any atom is 0.310 e. The first-order valence-electron chi connectivity index (χ1n) is 7.96. The average molecular weight is 336 g/mol. The van der Waals surface area contributed by atoms with Gasteiger partial charge < -0.3 is 19.7 Å². The number of ether oxygens (including phenoxy) is 2. The average Bonchev–Trinajstić information content (AvgIpc) is 2.60. The number of hydrogen-bond acceptors (Lipinski definition) is 4. The Balaban J connectivity index is 1.83. The van der Waals surface area contributed by atoms with Crippen LogP contribution in [0.4, 0.5) is 0 Å². The van der Waals surface area contributed by atoms with Gasteiger partial charge in [0.15, 0.2) is 5.11 Å². The van der Waals surface area contributed by atoms with Crippen molar-refractivity contribution in [2.75, 3.05) is 26.8 Å². The molecule has 6 heteroatoms. The minimum absolute atomic E-state index is 0.0792. The lowest BCUT2D eigenvalue weighted by Gasteiger charge is -2.33. The highest BCUT2D eigenvalue weighted by atomic mass is 32.1. The molecular formula is C17H24N2O3S. The number of methoxy groups -OCH3 is 1. The summed E-state index contributed by atoms with van der Waals surface area (Å²) >= 11 is 5.46. The molecule has 0 saturated carbocycles. The molecule has 1 aromatic carbocycles. The van der Waals surface area contributed by atoms with E-state index in [1.807, 2.05) is 31.2 Å². The molecule has 1 saturated heterocycles. The zero-order valence-electron chi connectivity index (χ0n) is 13.7. The van der Waals surface area contributed by atoms with Gasteiger partial charge >= 0.3 is 5.97 Å². The number of nitrogens with zero attached hydrogens (tertiary/aromatic N) is 1. The molecule has 1 fully saturated rings. The van der Waals surface area contributed by atoms with Crippen LogP contribution in [0, 0.1) is 5.92 Å². The van der Waals surface area contributed by atoms with Crippen LogP contribution in [0.15, 0.2) is 24.3 Å². The highest BCUT2D eigenvalue weighted by Crippen LogP contribution is 2.18. The fraction of sp³-hybridized carbons (Fsp3) is 0.529. The van der Waals surface area contributed by atoms with Gasteiger partial charge in [-0.15, -0.1) is 0 Å². The number of likely N-dealkylation sites (tertiary alicyclic amines) is 1. The molecule has 2 rings (SSSR count). The van der Waals surface area contributed by atoms with Crippen molar-refractivity contribution in [1.82, 2.24) is 10.2 Å². The van der Waals surface area contributed by atoms with Crippen molar-refractivity contribution < 1.29 is 14.3 Å². The van der Waals surface area contributed by atoms with Crippen LogP contribution in [0.3, 0.4) is 0 Å². The van der Waals surface area contributed by atoms with E-state index in [0.29, 0.717) is 24.8 Å². The fourth-order valence-corrected chi connectivity index (χ4v) is 2.88. The molecule has 0 spiro atoms. The van der Waals surface area contributed by atoms with Gasteiger partial charge in [-0.05, 0) is 49.7 Å². The Kier molecular flexibility index (Phi) is 6.65. The van der Waals surface area contributed by atoms with E-state index in [1.165, 1.54) is 0 Å². The highest BCUT2D eigenvalue weighted by molar-refractivity contribution is 7.80. The van der Waals surface area contributed by atoms with Gasteiger partial charge in [0.2, 0.25) is 0 Å². The van der Waals surface area contributed by atoms with E-state index in [1.54, 1.807) is 7.11 Å². The van der Waals surface area contributed by atoms with Gasteiger partial charge in [-0.25, -0.2) is 0 Å². The summed E-state index contributed by atoms with van der Waals surface area (Å²) in [4.78, 5) is 13.9. The van der Waals surface area contributed by atoms with Crippen LogP contribution in [-0.4, -0.2) is 42.8 Å². The van der Waals surface area contributed by atoms with Gasteiger partial charge in [0, 0.05) is 19.6 Å². The van der Waals surface area contributed by atoms with E-state index < -0.39 is 0 Å². The molecule has 126 valence electrons. The summed E-state index contributed by atoms with van der Waals surface area (Å²) in [6.45, 7) is 4.43. The largest absolute Gasteiger partial charge is 0.497 e. The number of esters is 1. The summed E-state index contributed by atoms with van der Waals surface area (Å²) in [5, 5.41) is 3.95. The summed E-state index contributed by atoms with van der Waals surface area (Å²) in [6, 6.07) is 7.87. The number of nitrogens with one attached hydrogen (secondary N) is 1. The molecule has 1 heterocycles. The van der Waals surface area contributed by atoms with Gasteiger partial charge in [-0.1, -0.05) is 12.1 Å². The molecule has 1 atom stereocenters. The second-order valence-corrected chi connectivity index (χ2v) is 5.93. The van der Waals surface area contributed by atoms with Crippen LogP contribution in [0.25, 0.3) is 0 Å². The number of carbonyl (C=O) groups excluding carboxylic acids is 1. The van der Waals surface area contributed by atoms with Crippen molar-refractivity contribution in [3.8, 4) is 5.75 Å².